The lowest BCUT2D eigenvalue weighted by atomic mass is 10.1. The first kappa shape index (κ1) is 21.2. The van der Waals surface area contributed by atoms with Crippen molar-refractivity contribution in [1.29, 1.82) is 0 Å². The van der Waals surface area contributed by atoms with Crippen LogP contribution >= 0.6 is 22.7 Å². The molecule has 0 aliphatic carbocycles. The van der Waals surface area contributed by atoms with E-state index in [-0.39, 0.29) is 17.6 Å². The molecule has 9 heteroatoms. The predicted molar refractivity (Wildman–Crippen MR) is 124 cm³/mol. The van der Waals surface area contributed by atoms with Gasteiger partial charge >= 0.3 is 0 Å². The minimum absolute atomic E-state index is 0.00934. The molecule has 6 nitrogen and oxygen atoms in total. The van der Waals surface area contributed by atoms with E-state index in [1.807, 2.05) is 28.2 Å². The topological polar surface area (TPSA) is 56.8 Å². The molecule has 2 aliphatic heterocycles. The van der Waals surface area contributed by atoms with Gasteiger partial charge in [0.15, 0.2) is 5.01 Å². The molecule has 2 saturated heterocycles. The highest BCUT2D eigenvalue weighted by molar-refractivity contribution is 7.17. The lowest BCUT2D eigenvalue weighted by Gasteiger charge is -2.47. The Morgan fingerprint density at radius 2 is 1.75 bits per heavy atom. The normalized spacial score (nSPS) is 17.4. The van der Waals surface area contributed by atoms with Gasteiger partial charge in [0.2, 0.25) is 0 Å². The van der Waals surface area contributed by atoms with Crippen molar-refractivity contribution in [3.05, 3.63) is 63.2 Å². The highest BCUT2D eigenvalue weighted by Gasteiger charge is 2.37. The van der Waals surface area contributed by atoms with Crippen LogP contribution in [0.5, 0.6) is 0 Å². The van der Waals surface area contributed by atoms with E-state index in [4.69, 9.17) is 0 Å². The fourth-order valence-electron chi connectivity index (χ4n) is 4.24. The molecular weight excluding hydrogens is 447 g/mol. The Balaban J connectivity index is 1.15. The van der Waals surface area contributed by atoms with Crippen LogP contribution in [0.4, 0.5) is 4.39 Å². The van der Waals surface area contributed by atoms with Crippen LogP contribution in [0.2, 0.25) is 0 Å². The fraction of sp³-hybridized carbons (Fsp3) is 0.348. The third-order valence-electron chi connectivity index (χ3n) is 6.12. The molecule has 32 heavy (non-hydrogen) atoms. The van der Waals surface area contributed by atoms with Gasteiger partial charge in [-0.3, -0.25) is 14.5 Å². The third kappa shape index (κ3) is 4.07. The Kier molecular flexibility index (Phi) is 5.79. The molecule has 1 aromatic carbocycles. The summed E-state index contributed by atoms with van der Waals surface area (Å²) in [6.45, 7) is 6.41. The van der Waals surface area contributed by atoms with Crippen LogP contribution in [0, 0.1) is 12.7 Å². The number of aryl methyl sites for hydroxylation is 1. The zero-order valence-electron chi connectivity index (χ0n) is 17.7. The zero-order chi connectivity index (χ0) is 22.2. The minimum atomic E-state index is -0.265. The maximum absolute atomic E-state index is 13.2. The van der Waals surface area contributed by atoms with E-state index in [0.29, 0.717) is 37.2 Å². The van der Waals surface area contributed by atoms with Crippen LogP contribution < -0.4 is 0 Å². The van der Waals surface area contributed by atoms with Gasteiger partial charge in [0.1, 0.15) is 5.82 Å². The first-order chi connectivity index (χ1) is 15.5. The fourth-order valence-corrected chi connectivity index (χ4v) is 5.99. The van der Waals surface area contributed by atoms with Crippen LogP contribution in [0.15, 0.2) is 41.9 Å². The monoisotopic (exact) mass is 470 g/mol. The van der Waals surface area contributed by atoms with Crippen molar-refractivity contribution in [2.24, 2.45) is 0 Å². The lowest BCUT2D eigenvalue weighted by Crippen LogP contribution is -2.64. The Morgan fingerprint density at radius 3 is 2.41 bits per heavy atom. The number of carbonyl (C=O) groups excluding carboxylic acids is 2. The number of carbonyl (C=O) groups is 2. The van der Waals surface area contributed by atoms with Crippen LogP contribution in [-0.4, -0.2) is 76.8 Å². The molecule has 2 amide bonds. The van der Waals surface area contributed by atoms with Gasteiger partial charge < -0.3 is 9.80 Å². The average Bonchev–Trinajstić information content (AvgIpc) is 3.43. The SMILES string of the molecule is Cc1cc(C(=O)N2CC(N3CCN(C(=O)c4nccs4)CC3)C2)sc1-c1ccc(F)cc1. The maximum atomic E-state index is 13.2. The molecule has 4 heterocycles. The molecule has 166 valence electrons. The maximum Gasteiger partial charge on any atom is 0.282 e. The van der Waals surface area contributed by atoms with Crippen molar-refractivity contribution < 1.29 is 14.0 Å². The molecule has 0 spiro atoms. The summed E-state index contributed by atoms with van der Waals surface area (Å²) in [5, 5.41) is 2.37. The van der Waals surface area contributed by atoms with Crippen molar-refractivity contribution in [2.45, 2.75) is 13.0 Å². The van der Waals surface area contributed by atoms with Crippen LogP contribution in [0.25, 0.3) is 10.4 Å². The molecule has 0 atom stereocenters. The number of aromatic nitrogens is 1. The smallest absolute Gasteiger partial charge is 0.282 e. The second kappa shape index (κ2) is 8.73. The number of rotatable bonds is 4. The number of benzene rings is 1. The van der Waals surface area contributed by atoms with Gasteiger partial charge in [-0.05, 0) is 36.2 Å². The van der Waals surface area contributed by atoms with Gasteiger partial charge in [-0.2, -0.15) is 0 Å². The number of thiophene rings is 1. The second-order valence-electron chi connectivity index (χ2n) is 8.16. The van der Waals surface area contributed by atoms with Crippen molar-refractivity contribution in [2.75, 3.05) is 39.3 Å². The number of amides is 2. The van der Waals surface area contributed by atoms with E-state index in [0.717, 1.165) is 34.0 Å². The first-order valence-corrected chi connectivity index (χ1v) is 12.3. The minimum Gasteiger partial charge on any atom is -0.335 e. The van der Waals surface area contributed by atoms with E-state index in [2.05, 4.69) is 9.88 Å². The number of halogens is 1. The van der Waals surface area contributed by atoms with Crippen molar-refractivity contribution in [3.8, 4) is 10.4 Å². The van der Waals surface area contributed by atoms with Crippen molar-refractivity contribution >= 4 is 34.5 Å². The average molecular weight is 471 g/mol. The molecule has 0 N–H and O–H groups in total. The Labute approximate surface area is 193 Å². The largest absolute Gasteiger partial charge is 0.335 e. The molecule has 2 aliphatic rings. The van der Waals surface area contributed by atoms with E-state index in [1.54, 1.807) is 18.3 Å². The molecular formula is C23H23FN4O2S2. The van der Waals surface area contributed by atoms with E-state index >= 15 is 0 Å². The Hall–Kier alpha value is -2.62. The van der Waals surface area contributed by atoms with E-state index in [1.165, 1.54) is 34.8 Å². The van der Waals surface area contributed by atoms with Gasteiger partial charge in [-0.1, -0.05) is 12.1 Å². The molecule has 0 radical (unpaired) electrons. The lowest BCUT2D eigenvalue weighted by molar-refractivity contribution is 0.00878. The second-order valence-corrected chi connectivity index (χ2v) is 10.1. The standard InChI is InChI=1S/C23H23FN4O2S2/c1-15-12-19(32-20(15)16-2-4-17(24)5-3-16)22(29)28-13-18(14-28)26-7-9-27(10-8-26)23(30)21-25-6-11-31-21/h2-6,11-12,18H,7-10,13-14H2,1H3. The number of hydrogen-bond donors (Lipinski definition) is 0. The first-order valence-electron chi connectivity index (χ1n) is 10.6. The van der Waals surface area contributed by atoms with E-state index < -0.39 is 0 Å². The third-order valence-corrected chi connectivity index (χ3v) is 8.15. The summed E-state index contributed by atoms with van der Waals surface area (Å²) in [6, 6.07) is 8.67. The predicted octanol–water partition coefficient (Wildman–Crippen LogP) is 3.60. The summed E-state index contributed by atoms with van der Waals surface area (Å²) in [5.41, 5.74) is 1.96. The quantitative estimate of drug-likeness (QED) is 0.585. The molecule has 3 aromatic rings. The van der Waals surface area contributed by atoms with Gasteiger partial charge in [-0.15, -0.1) is 22.7 Å². The molecule has 2 aromatic heterocycles. The van der Waals surface area contributed by atoms with Gasteiger partial charge in [-0.25, -0.2) is 9.37 Å². The molecule has 0 saturated carbocycles. The van der Waals surface area contributed by atoms with E-state index in [9.17, 15) is 14.0 Å². The Morgan fingerprint density at radius 1 is 1.03 bits per heavy atom. The summed E-state index contributed by atoms with van der Waals surface area (Å²) >= 11 is 2.84. The van der Waals surface area contributed by atoms with Crippen molar-refractivity contribution in [3.63, 3.8) is 0 Å². The number of piperazine rings is 1. The molecule has 0 unspecified atom stereocenters. The van der Waals surface area contributed by atoms with Gasteiger partial charge in [0, 0.05) is 61.8 Å². The molecule has 0 bridgehead atoms. The highest BCUT2D eigenvalue weighted by Crippen LogP contribution is 2.34. The van der Waals surface area contributed by atoms with Gasteiger partial charge in [0.25, 0.3) is 11.8 Å². The number of nitrogens with zero attached hydrogens (tertiary/aromatic N) is 4. The van der Waals surface area contributed by atoms with Crippen molar-refractivity contribution in [1.82, 2.24) is 19.7 Å². The summed E-state index contributed by atoms with van der Waals surface area (Å²) in [6.07, 6.45) is 1.66. The summed E-state index contributed by atoms with van der Waals surface area (Å²) in [5.74, 6) is -0.199. The molecule has 5 rings (SSSR count). The number of thiazole rings is 1. The number of hydrogen-bond acceptors (Lipinski definition) is 6. The zero-order valence-corrected chi connectivity index (χ0v) is 19.3. The Bertz CT molecular complexity index is 1120. The number of likely N-dealkylation sites (tertiary alicyclic amines) is 1. The van der Waals surface area contributed by atoms with Crippen LogP contribution in [0.1, 0.15) is 25.0 Å². The summed E-state index contributed by atoms with van der Waals surface area (Å²) in [4.78, 5) is 37.4. The summed E-state index contributed by atoms with van der Waals surface area (Å²) in [7, 11) is 0. The summed E-state index contributed by atoms with van der Waals surface area (Å²) < 4.78 is 13.2. The highest BCUT2D eigenvalue weighted by atomic mass is 32.1. The van der Waals surface area contributed by atoms with Gasteiger partial charge in [0.05, 0.1) is 4.88 Å². The van der Waals surface area contributed by atoms with Crippen LogP contribution in [0.3, 0.4) is 0 Å². The molecule has 2 fully saturated rings. The van der Waals surface area contributed by atoms with Crippen LogP contribution in [-0.2, 0) is 0 Å².